The zero-order chi connectivity index (χ0) is 19.4. The van der Waals surface area contributed by atoms with Crippen LogP contribution in [0.2, 0.25) is 0 Å². The van der Waals surface area contributed by atoms with E-state index in [0.717, 1.165) is 0 Å². The number of hydrogen-bond donors (Lipinski definition) is 0. The molecular formula is C30H16. The predicted octanol–water partition coefficient (Wildman–Crippen LogP) is 8.63. The van der Waals surface area contributed by atoms with Crippen molar-refractivity contribution in [3.8, 4) is 0 Å². The minimum atomic E-state index is 1.31. The van der Waals surface area contributed by atoms with Crippen molar-refractivity contribution in [3.05, 3.63) is 97.1 Å². The molecule has 0 nitrogen and oxygen atoms in total. The van der Waals surface area contributed by atoms with Crippen molar-refractivity contribution in [2.45, 2.75) is 0 Å². The molecule has 0 heteroatoms. The van der Waals surface area contributed by atoms with E-state index >= 15 is 0 Å². The summed E-state index contributed by atoms with van der Waals surface area (Å²) < 4.78 is 0. The van der Waals surface area contributed by atoms with Gasteiger partial charge in [-0.25, -0.2) is 0 Å². The third-order valence-electron chi connectivity index (χ3n) is 7.08. The van der Waals surface area contributed by atoms with Crippen LogP contribution in [-0.2, 0) is 0 Å². The monoisotopic (exact) mass is 376 g/mol. The highest BCUT2D eigenvalue weighted by Crippen LogP contribution is 2.47. The summed E-state index contributed by atoms with van der Waals surface area (Å²) in [6.07, 6.45) is 0. The molecule has 8 rings (SSSR count). The molecule has 0 amide bonds. The summed E-state index contributed by atoms with van der Waals surface area (Å²) in [7, 11) is 0. The molecule has 8 aromatic rings. The Labute approximate surface area is 172 Å². The minimum absolute atomic E-state index is 1.31. The molecule has 0 saturated carbocycles. The maximum atomic E-state index is 2.42. The van der Waals surface area contributed by atoms with Gasteiger partial charge >= 0.3 is 0 Å². The molecule has 0 aromatic heterocycles. The number of hydrogen-bond acceptors (Lipinski definition) is 0. The summed E-state index contributed by atoms with van der Waals surface area (Å²) in [5, 5.41) is 19.1. The van der Waals surface area contributed by atoms with Crippen LogP contribution in [0.4, 0.5) is 0 Å². The second kappa shape index (κ2) is 4.98. The van der Waals surface area contributed by atoms with Crippen molar-refractivity contribution >= 4 is 75.4 Å². The largest absolute Gasteiger partial charge is 0.0616 e. The predicted molar refractivity (Wildman–Crippen MR) is 131 cm³/mol. The van der Waals surface area contributed by atoms with Crippen molar-refractivity contribution in [1.29, 1.82) is 0 Å². The first-order chi connectivity index (χ1) is 14.9. The van der Waals surface area contributed by atoms with Gasteiger partial charge in [-0.05, 0) is 87.5 Å². The summed E-state index contributed by atoms with van der Waals surface area (Å²) in [5.41, 5.74) is 0. The molecule has 0 N–H and O–H groups in total. The average molecular weight is 376 g/mol. The Morgan fingerprint density at radius 3 is 1.83 bits per heavy atom. The van der Waals surface area contributed by atoms with Gasteiger partial charge in [0, 0.05) is 0 Å². The van der Waals surface area contributed by atoms with E-state index in [0.29, 0.717) is 0 Å². The normalized spacial score (nSPS) is 12.7. The zero-order valence-electron chi connectivity index (χ0n) is 16.2. The van der Waals surface area contributed by atoms with Gasteiger partial charge in [0.2, 0.25) is 0 Å². The first-order valence-electron chi connectivity index (χ1n) is 10.5. The van der Waals surface area contributed by atoms with Crippen molar-refractivity contribution in [3.63, 3.8) is 0 Å². The highest BCUT2D eigenvalue weighted by molar-refractivity contribution is 6.43. The van der Waals surface area contributed by atoms with Gasteiger partial charge in [0.05, 0.1) is 0 Å². The molecule has 136 valence electrons. The Bertz CT molecular complexity index is 1940. The molecule has 0 fully saturated rings. The molecule has 0 atom stereocenters. The fourth-order valence-corrected chi connectivity index (χ4v) is 5.90. The fraction of sp³-hybridized carbons (Fsp3) is 0. The Balaban J connectivity index is 1.86. The quantitative estimate of drug-likeness (QED) is 0.183. The Hall–Kier alpha value is -3.90. The van der Waals surface area contributed by atoms with E-state index in [4.69, 9.17) is 0 Å². The van der Waals surface area contributed by atoms with Gasteiger partial charge in [-0.3, -0.25) is 0 Å². The fourth-order valence-electron chi connectivity index (χ4n) is 5.90. The van der Waals surface area contributed by atoms with Crippen LogP contribution in [0.3, 0.4) is 0 Å². The third-order valence-corrected chi connectivity index (χ3v) is 7.08. The topological polar surface area (TPSA) is 0 Å². The Kier molecular flexibility index (Phi) is 2.49. The molecule has 0 saturated heterocycles. The van der Waals surface area contributed by atoms with Gasteiger partial charge in [0.1, 0.15) is 0 Å². The molecule has 0 spiro atoms. The van der Waals surface area contributed by atoms with Crippen LogP contribution < -0.4 is 0 Å². The van der Waals surface area contributed by atoms with Crippen LogP contribution in [-0.4, -0.2) is 0 Å². The van der Waals surface area contributed by atoms with E-state index in [1.165, 1.54) is 75.4 Å². The van der Waals surface area contributed by atoms with Crippen LogP contribution in [0, 0.1) is 0 Å². The average Bonchev–Trinajstić information content (AvgIpc) is 2.80. The van der Waals surface area contributed by atoms with Crippen LogP contribution in [0.1, 0.15) is 0 Å². The standard InChI is InChI=1S/C30H16/c1-2-9-22-19(5-1)15-20-8-4-10-23-25-16-21-7-3-6-17-11-12-18-13-14-24(29(22)27(20)23)30(25)28(18)26(17)21/h1-16H. The maximum absolute atomic E-state index is 2.42. The van der Waals surface area contributed by atoms with Gasteiger partial charge in [-0.1, -0.05) is 84.9 Å². The first-order valence-corrected chi connectivity index (χ1v) is 10.5. The van der Waals surface area contributed by atoms with E-state index in [-0.39, 0.29) is 0 Å². The third kappa shape index (κ3) is 1.62. The van der Waals surface area contributed by atoms with Gasteiger partial charge < -0.3 is 0 Å². The molecule has 0 aliphatic carbocycles. The Morgan fingerprint density at radius 1 is 0.267 bits per heavy atom. The molecule has 0 aliphatic rings. The van der Waals surface area contributed by atoms with Crippen molar-refractivity contribution in [2.75, 3.05) is 0 Å². The van der Waals surface area contributed by atoms with E-state index < -0.39 is 0 Å². The molecule has 0 aliphatic heterocycles. The van der Waals surface area contributed by atoms with Gasteiger partial charge in [-0.2, -0.15) is 0 Å². The van der Waals surface area contributed by atoms with E-state index in [2.05, 4.69) is 97.1 Å². The van der Waals surface area contributed by atoms with Crippen molar-refractivity contribution in [2.24, 2.45) is 0 Å². The summed E-state index contributed by atoms with van der Waals surface area (Å²) >= 11 is 0. The smallest absolute Gasteiger partial charge is 0.00134 e. The van der Waals surface area contributed by atoms with E-state index in [1.54, 1.807) is 0 Å². The SMILES string of the molecule is c1ccc2c(c1)cc1cccc3c4cc5cccc6ccc7ccc(c2c13)c4c7c65. The summed E-state index contributed by atoms with van der Waals surface area (Å²) in [4.78, 5) is 0. The Morgan fingerprint density at radius 2 is 0.900 bits per heavy atom. The molecule has 0 bridgehead atoms. The number of fused-ring (bicyclic) bond motifs is 4. The van der Waals surface area contributed by atoms with Crippen LogP contribution in [0.25, 0.3) is 75.4 Å². The summed E-state index contributed by atoms with van der Waals surface area (Å²) in [6, 6.07) is 36.3. The van der Waals surface area contributed by atoms with Gasteiger partial charge in [-0.15, -0.1) is 0 Å². The molecule has 8 aromatic carbocycles. The zero-order valence-corrected chi connectivity index (χ0v) is 16.2. The van der Waals surface area contributed by atoms with Crippen molar-refractivity contribution in [1.82, 2.24) is 0 Å². The number of benzene rings is 8. The second-order valence-corrected chi connectivity index (χ2v) is 8.53. The lowest BCUT2D eigenvalue weighted by atomic mass is 9.83. The maximum Gasteiger partial charge on any atom is -0.00134 e. The second-order valence-electron chi connectivity index (χ2n) is 8.53. The van der Waals surface area contributed by atoms with E-state index in [1.807, 2.05) is 0 Å². The lowest BCUT2D eigenvalue weighted by Gasteiger charge is -2.19. The lowest BCUT2D eigenvalue weighted by Crippen LogP contribution is -1.91. The molecule has 0 radical (unpaired) electrons. The minimum Gasteiger partial charge on any atom is -0.0616 e. The van der Waals surface area contributed by atoms with Gasteiger partial charge in [0.15, 0.2) is 0 Å². The number of rotatable bonds is 0. The lowest BCUT2D eigenvalue weighted by molar-refractivity contribution is 1.79. The molecular weight excluding hydrogens is 360 g/mol. The molecule has 30 heavy (non-hydrogen) atoms. The van der Waals surface area contributed by atoms with Gasteiger partial charge in [0.25, 0.3) is 0 Å². The molecule has 0 heterocycles. The van der Waals surface area contributed by atoms with Crippen LogP contribution in [0.15, 0.2) is 97.1 Å². The summed E-state index contributed by atoms with van der Waals surface area (Å²) in [5.74, 6) is 0. The highest BCUT2D eigenvalue weighted by atomic mass is 14.2. The van der Waals surface area contributed by atoms with E-state index in [9.17, 15) is 0 Å². The van der Waals surface area contributed by atoms with Crippen LogP contribution in [0.5, 0.6) is 0 Å². The van der Waals surface area contributed by atoms with Crippen LogP contribution >= 0.6 is 0 Å². The van der Waals surface area contributed by atoms with Crippen molar-refractivity contribution < 1.29 is 0 Å². The first kappa shape index (κ1) is 15.0. The summed E-state index contributed by atoms with van der Waals surface area (Å²) in [6.45, 7) is 0. The highest BCUT2D eigenvalue weighted by Gasteiger charge is 2.18. The molecule has 0 unspecified atom stereocenters.